The third kappa shape index (κ3) is 5.02. The Kier molecular flexibility index (Phi) is 6.82. The van der Waals surface area contributed by atoms with E-state index in [-0.39, 0.29) is 18.3 Å². The van der Waals surface area contributed by atoms with Crippen LogP contribution in [0.25, 0.3) is 0 Å². The van der Waals surface area contributed by atoms with E-state index in [1.807, 2.05) is 31.2 Å². The first-order valence-electron chi connectivity index (χ1n) is 6.80. The Morgan fingerprint density at radius 2 is 2.10 bits per heavy atom. The number of benzene rings is 1. The number of carboxylic acids is 1. The molecule has 0 aromatic heterocycles. The first kappa shape index (κ1) is 16.8. The summed E-state index contributed by atoms with van der Waals surface area (Å²) in [7, 11) is 0. The van der Waals surface area contributed by atoms with Crippen LogP contribution in [0, 0.1) is 12.8 Å². The van der Waals surface area contributed by atoms with Crippen molar-refractivity contribution in [3.8, 4) is 5.75 Å². The molecule has 2 rings (SSSR count). The Hall–Kier alpha value is -1.26. The van der Waals surface area contributed by atoms with E-state index in [4.69, 9.17) is 9.84 Å². The fourth-order valence-corrected chi connectivity index (χ4v) is 2.40. The Balaban J connectivity index is 0.00000200. The van der Waals surface area contributed by atoms with E-state index < -0.39 is 5.97 Å². The van der Waals surface area contributed by atoms with Gasteiger partial charge in [-0.25, -0.2) is 0 Å². The molecule has 0 atom stereocenters. The maximum Gasteiger partial charge on any atom is 0.306 e. The van der Waals surface area contributed by atoms with Gasteiger partial charge >= 0.3 is 5.97 Å². The fourth-order valence-electron chi connectivity index (χ4n) is 2.40. The molecule has 0 saturated carbocycles. The summed E-state index contributed by atoms with van der Waals surface area (Å²) in [5.41, 5.74) is 1.19. The largest absolute Gasteiger partial charge is 0.492 e. The van der Waals surface area contributed by atoms with Gasteiger partial charge in [0.25, 0.3) is 0 Å². The van der Waals surface area contributed by atoms with Gasteiger partial charge in [-0.05, 0) is 50.6 Å². The lowest BCUT2D eigenvalue weighted by Crippen LogP contribution is -2.38. The van der Waals surface area contributed by atoms with E-state index in [1.54, 1.807) is 0 Å². The maximum atomic E-state index is 10.8. The van der Waals surface area contributed by atoms with Gasteiger partial charge in [-0.2, -0.15) is 0 Å². The number of hydrogen-bond acceptors (Lipinski definition) is 3. The lowest BCUT2D eigenvalue weighted by Gasteiger charge is -2.29. The summed E-state index contributed by atoms with van der Waals surface area (Å²) in [6.07, 6.45) is 1.50. The topological polar surface area (TPSA) is 49.8 Å². The predicted octanol–water partition coefficient (Wildman–Crippen LogP) is 2.59. The van der Waals surface area contributed by atoms with Crippen molar-refractivity contribution in [3.63, 3.8) is 0 Å². The minimum Gasteiger partial charge on any atom is -0.492 e. The Labute approximate surface area is 126 Å². The predicted molar refractivity (Wildman–Crippen MR) is 80.7 cm³/mol. The second-order valence-electron chi connectivity index (χ2n) is 5.12. The van der Waals surface area contributed by atoms with Gasteiger partial charge in [0, 0.05) is 6.54 Å². The molecule has 1 aliphatic rings. The Bertz CT molecular complexity index is 431. The normalized spacial score (nSPS) is 16.4. The molecule has 5 heteroatoms. The van der Waals surface area contributed by atoms with Crippen LogP contribution in [0.2, 0.25) is 0 Å². The smallest absolute Gasteiger partial charge is 0.306 e. The quantitative estimate of drug-likeness (QED) is 0.908. The van der Waals surface area contributed by atoms with Gasteiger partial charge in [-0.15, -0.1) is 12.4 Å². The van der Waals surface area contributed by atoms with Crippen LogP contribution >= 0.6 is 12.4 Å². The van der Waals surface area contributed by atoms with Gasteiger partial charge in [0.2, 0.25) is 0 Å². The second kappa shape index (κ2) is 8.12. The summed E-state index contributed by atoms with van der Waals surface area (Å²) in [5, 5.41) is 8.93. The van der Waals surface area contributed by atoms with Crippen molar-refractivity contribution < 1.29 is 14.6 Å². The summed E-state index contributed by atoms with van der Waals surface area (Å²) < 4.78 is 5.71. The van der Waals surface area contributed by atoms with Crippen molar-refractivity contribution in [3.05, 3.63) is 29.8 Å². The zero-order valence-corrected chi connectivity index (χ0v) is 12.6. The number of rotatable bonds is 5. The van der Waals surface area contributed by atoms with Crippen LogP contribution in [0.3, 0.4) is 0 Å². The van der Waals surface area contributed by atoms with Crippen molar-refractivity contribution in [2.75, 3.05) is 26.2 Å². The number of piperidine rings is 1. The van der Waals surface area contributed by atoms with E-state index in [1.165, 1.54) is 5.56 Å². The van der Waals surface area contributed by atoms with Gasteiger partial charge in [0.05, 0.1) is 5.92 Å². The van der Waals surface area contributed by atoms with Crippen LogP contribution in [0.1, 0.15) is 18.4 Å². The van der Waals surface area contributed by atoms with E-state index in [9.17, 15) is 4.79 Å². The van der Waals surface area contributed by atoms with Crippen LogP contribution in [0.15, 0.2) is 24.3 Å². The molecule has 1 aromatic rings. The third-order valence-electron chi connectivity index (χ3n) is 3.60. The maximum absolute atomic E-state index is 10.8. The lowest BCUT2D eigenvalue weighted by atomic mass is 9.97. The van der Waals surface area contributed by atoms with E-state index >= 15 is 0 Å². The molecule has 1 heterocycles. The van der Waals surface area contributed by atoms with Gasteiger partial charge in [-0.1, -0.05) is 12.1 Å². The molecule has 0 bridgehead atoms. The summed E-state index contributed by atoms with van der Waals surface area (Å²) in [4.78, 5) is 13.1. The zero-order valence-electron chi connectivity index (χ0n) is 11.7. The zero-order chi connectivity index (χ0) is 13.7. The minimum atomic E-state index is -0.657. The highest BCUT2D eigenvalue weighted by molar-refractivity contribution is 5.85. The summed E-state index contributed by atoms with van der Waals surface area (Å²) >= 11 is 0. The lowest BCUT2D eigenvalue weighted by molar-refractivity contribution is -0.143. The Morgan fingerprint density at radius 3 is 2.70 bits per heavy atom. The monoisotopic (exact) mass is 299 g/mol. The van der Waals surface area contributed by atoms with Crippen molar-refractivity contribution >= 4 is 18.4 Å². The number of hydrogen-bond donors (Lipinski definition) is 1. The molecule has 1 saturated heterocycles. The molecule has 0 aliphatic carbocycles. The standard InChI is InChI=1S/C15H21NO3.ClH/c1-12-3-2-4-14(11-12)19-10-9-16-7-5-13(6-8-16)15(17)18;/h2-4,11,13H,5-10H2,1H3,(H,17,18);1H. The van der Waals surface area contributed by atoms with Gasteiger partial charge < -0.3 is 9.84 Å². The number of likely N-dealkylation sites (tertiary alicyclic amines) is 1. The summed E-state index contributed by atoms with van der Waals surface area (Å²) in [6.45, 7) is 5.27. The molecule has 112 valence electrons. The molecule has 0 spiro atoms. The van der Waals surface area contributed by atoms with Crippen molar-refractivity contribution in [2.24, 2.45) is 5.92 Å². The molecule has 1 N–H and O–H groups in total. The molecule has 4 nitrogen and oxygen atoms in total. The van der Waals surface area contributed by atoms with Crippen LogP contribution in [0.4, 0.5) is 0 Å². The van der Waals surface area contributed by atoms with Crippen LogP contribution in [0.5, 0.6) is 5.75 Å². The number of aliphatic carboxylic acids is 1. The molecule has 1 aromatic carbocycles. The van der Waals surface area contributed by atoms with Gasteiger partial charge in [0.1, 0.15) is 12.4 Å². The highest BCUT2D eigenvalue weighted by Crippen LogP contribution is 2.17. The number of carbonyl (C=O) groups is 1. The number of carboxylic acid groups (broad SMARTS) is 1. The molecule has 1 fully saturated rings. The molecule has 20 heavy (non-hydrogen) atoms. The van der Waals surface area contributed by atoms with E-state index in [0.29, 0.717) is 6.61 Å². The number of halogens is 1. The molecule has 0 unspecified atom stereocenters. The van der Waals surface area contributed by atoms with E-state index in [2.05, 4.69) is 4.90 Å². The SMILES string of the molecule is Cc1cccc(OCCN2CCC(C(=O)O)CC2)c1.Cl. The van der Waals surface area contributed by atoms with E-state index in [0.717, 1.165) is 38.2 Å². The minimum absolute atomic E-state index is 0. The first-order chi connectivity index (χ1) is 9.15. The highest BCUT2D eigenvalue weighted by atomic mass is 35.5. The summed E-state index contributed by atoms with van der Waals surface area (Å²) in [5.74, 6) is 0.0880. The van der Waals surface area contributed by atoms with Crippen LogP contribution in [-0.2, 0) is 4.79 Å². The third-order valence-corrected chi connectivity index (χ3v) is 3.60. The van der Waals surface area contributed by atoms with Crippen LogP contribution in [-0.4, -0.2) is 42.2 Å². The Morgan fingerprint density at radius 1 is 1.40 bits per heavy atom. The van der Waals surface area contributed by atoms with Gasteiger partial charge in [0.15, 0.2) is 0 Å². The number of ether oxygens (including phenoxy) is 1. The van der Waals surface area contributed by atoms with Crippen LogP contribution < -0.4 is 4.74 Å². The van der Waals surface area contributed by atoms with Crippen molar-refractivity contribution in [2.45, 2.75) is 19.8 Å². The fraction of sp³-hybridized carbons (Fsp3) is 0.533. The van der Waals surface area contributed by atoms with Crippen molar-refractivity contribution in [1.29, 1.82) is 0 Å². The number of nitrogens with zero attached hydrogens (tertiary/aromatic N) is 1. The summed E-state index contributed by atoms with van der Waals surface area (Å²) in [6, 6.07) is 8.02. The second-order valence-corrected chi connectivity index (χ2v) is 5.12. The van der Waals surface area contributed by atoms with Crippen molar-refractivity contribution in [1.82, 2.24) is 4.90 Å². The molecule has 1 aliphatic heterocycles. The highest BCUT2D eigenvalue weighted by Gasteiger charge is 2.23. The average Bonchev–Trinajstić information content (AvgIpc) is 2.39. The molecular formula is C15H22ClNO3. The molecular weight excluding hydrogens is 278 g/mol. The molecule has 0 amide bonds. The first-order valence-corrected chi connectivity index (χ1v) is 6.80. The average molecular weight is 300 g/mol. The molecule has 0 radical (unpaired) electrons. The number of aryl methyl sites for hydroxylation is 1. The van der Waals surface area contributed by atoms with Gasteiger partial charge in [-0.3, -0.25) is 9.69 Å².